The number of rotatable bonds is 6. The van der Waals surface area contributed by atoms with E-state index in [0.29, 0.717) is 6.42 Å². The van der Waals surface area contributed by atoms with Crippen LogP contribution in [0, 0.1) is 5.41 Å². The molecule has 0 rings (SSSR count). The van der Waals surface area contributed by atoms with E-state index in [-0.39, 0.29) is 12.3 Å². The summed E-state index contributed by atoms with van der Waals surface area (Å²) in [5.41, 5.74) is 4.17. The molecule has 0 bridgehead atoms. The van der Waals surface area contributed by atoms with Crippen molar-refractivity contribution >= 4 is 11.8 Å². The third-order valence-electron chi connectivity index (χ3n) is 2.48. The zero-order chi connectivity index (χ0) is 12.8. The average Bonchev–Trinajstić information content (AvgIpc) is 2.22. The van der Waals surface area contributed by atoms with Crippen molar-refractivity contribution in [3.63, 3.8) is 0 Å². The molecule has 0 heterocycles. The minimum absolute atomic E-state index is 0.254. The zero-order valence-electron chi connectivity index (χ0n) is 10.2. The van der Waals surface area contributed by atoms with E-state index in [2.05, 4.69) is 6.58 Å². The Morgan fingerprint density at radius 1 is 1.38 bits per heavy atom. The second-order valence-electron chi connectivity index (χ2n) is 3.91. The maximum Gasteiger partial charge on any atom is 0.238 e. The summed E-state index contributed by atoms with van der Waals surface area (Å²) in [5.74, 6) is -0.887. The Bertz CT molecular complexity index is 308. The predicted octanol–water partition coefficient (Wildman–Crippen LogP) is 1.09. The van der Waals surface area contributed by atoms with Crippen LogP contribution in [-0.4, -0.2) is 30.8 Å². The summed E-state index contributed by atoms with van der Waals surface area (Å²) < 4.78 is 0. The van der Waals surface area contributed by atoms with Gasteiger partial charge in [0, 0.05) is 14.1 Å². The van der Waals surface area contributed by atoms with Crippen molar-refractivity contribution in [2.45, 2.75) is 19.8 Å². The summed E-state index contributed by atoms with van der Waals surface area (Å²) in [7, 11) is 3.22. The molecule has 4 heteroatoms. The third-order valence-corrected chi connectivity index (χ3v) is 2.48. The van der Waals surface area contributed by atoms with Gasteiger partial charge in [-0.2, -0.15) is 0 Å². The fraction of sp³-hybridized carbons (Fsp3) is 0.500. The standard InChI is InChI=1S/C12H20N2O2/c1-5-7-9-12(8-6-2,10(13)15)11(16)14(3)4/h5-7H,2,8-9H2,1,3-4H3,(H2,13,15). The molecule has 0 aliphatic rings. The number of nitrogens with two attached hydrogens (primary N) is 1. The Labute approximate surface area is 96.8 Å². The topological polar surface area (TPSA) is 63.4 Å². The molecule has 0 aromatic rings. The van der Waals surface area contributed by atoms with Gasteiger partial charge in [0.2, 0.25) is 11.8 Å². The van der Waals surface area contributed by atoms with Crippen molar-refractivity contribution in [2.75, 3.05) is 14.1 Å². The van der Waals surface area contributed by atoms with Gasteiger partial charge >= 0.3 is 0 Å². The Morgan fingerprint density at radius 2 is 1.94 bits per heavy atom. The van der Waals surface area contributed by atoms with Crippen LogP contribution in [0.1, 0.15) is 19.8 Å². The normalized spacial score (nSPS) is 14.4. The molecule has 1 atom stereocenters. The number of carbonyl (C=O) groups excluding carboxylic acids is 2. The van der Waals surface area contributed by atoms with E-state index in [4.69, 9.17) is 5.73 Å². The van der Waals surface area contributed by atoms with Gasteiger partial charge in [0.1, 0.15) is 5.41 Å². The molecule has 0 saturated heterocycles. The molecular formula is C12H20N2O2. The number of nitrogens with zero attached hydrogens (tertiary/aromatic N) is 1. The van der Waals surface area contributed by atoms with Gasteiger partial charge in [0.05, 0.1) is 0 Å². The molecule has 0 aliphatic heterocycles. The number of hydrogen-bond acceptors (Lipinski definition) is 2. The lowest BCUT2D eigenvalue weighted by Crippen LogP contribution is -2.48. The van der Waals surface area contributed by atoms with Crippen LogP contribution in [0.5, 0.6) is 0 Å². The van der Waals surface area contributed by atoms with Crippen molar-refractivity contribution in [3.05, 3.63) is 24.8 Å². The van der Waals surface area contributed by atoms with Gasteiger partial charge < -0.3 is 10.6 Å². The predicted molar refractivity (Wildman–Crippen MR) is 64.6 cm³/mol. The summed E-state index contributed by atoms with van der Waals surface area (Å²) in [6, 6.07) is 0. The Morgan fingerprint density at radius 3 is 2.25 bits per heavy atom. The van der Waals surface area contributed by atoms with Crippen LogP contribution < -0.4 is 5.73 Å². The summed E-state index contributed by atoms with van der Waals surface area (Å²) >= 11 is 0. The van der Waals surface area contributed by atoms with Gasteiger partial charge in [-0.25, -0.2) is 0 Å². The third kappa shape index (κ3) is 2.95. The van der Waals surface area contributed by atoms with E-state index >= 15 is 0 Å². The molecule has 1 unspecified atom stereocenters. The van der Waals surface area contributed by atoms with Crippen molar-refractivity contribution < 1.29 is 9.59 Å². The van der Waals surface area contributed by atoms with Crippen LogP contribution in [0.15, 0.2) is 24.8 Å². The van der Waals surface area contributed by atoms with Crippen LogP contribution in [0.25, 0.3) is 0 Å². The van der Waals surface area contributed by atoms with Crippen LogP contribution in [0.4, 0.5) is 0 Å². The monoisotopic (exact) mass is 224 g/mol. The average molecular weight is 224 g/mol. The Hall–Kier alpha value is -1.58. The highest BCUT2D eigenvalue weighted by atomic mass is 16.2. The van der Waals surface area contributed by atoms with Gasteiger partial charge in [-0.05, 0) is 19.8 Å². The highest BCUT2D eigenvalue weighted by Crippen LogP contribution is 2.29. The Kier molecular flexibility index (Phi) is 5.50. The van der Waals surface area contributed by atoms with Crippen LogP contribution in [0.3, 0.4) is 0 Å². The molecule has 4 nitrogen and oxygen atoms in total. The highest BCUT2D eigenvalue weighted by molar-refractivity contribution is 6.04. The molecule has 0 aromatic heterocycles. The number of hydrogen-bond donors (Lipinski definition) is 1. The van der Waals surface area contributed by atoms with Gasteiger partial charge in [-0.15, -0.1) is 6.58 Å². The van der Waals surface area contributed by atoms with Crippen molar-refractivity contribution in [3.8, 4) is 0 Å². The summed E-state index contributed by atoms with van der Waals surface area (Å²) in [6.07, 6.45) is 5.68. The van der Waals surface area contributed by atoms with Crippen molar-refractivity contribution in [2.24, 2.45) is 11.1 Å². The van der Waals surface area contributed by atoms with Gasteiger partial charge in [0.15, 0.2) is 0 Å². The first-order valence-electron chi connectivity index (χ1n) is 5.16. The molecule has 0 saturated carbocycles. The van der Waals surface area contributed by atoms with E-state index in [1.54, 1.807) is 32.3 Å². The van der Waals surface area contributed by atoms with Crippen molar-refractivity contribution in [1.29, 1.82) is 0 Å². The van der Waals surface area contributed by atoms with Gasteiger partial charge in [-0.1, -0.05) is 18.2 Å². The van der Waals surface area contributed by atoms with Crippen LogP contribution >= 0.6 is 0 Å². The molecular weight excluding hydrogens is 204 g/mol. The quantitative estimate of drug-likeness (QED) is 0.542. The highest BCUT2D eigenvalue weighted by Gasteiger charge is 2.43. The number of primary amides is 1. The first-order chi connectivity index (χ1) is 7.42. The number of amides is 2. The van der Waals surface area contributed by atoms with E-state index in [0.717, 1.165) is 0 Å². The lowest BCUT2D eigenvalue weighted by Gasteiger charge is -2.29. The SMILES string of the molecule is C=CCC(CC=CC)(C(N)=O)C(=O)N(C)C. The second-order valence-corrected chi connectivity index (χ2v) is 3.91. The smallest absolute Gasteiger partial charge is 0.238 e. The first kappa shape index (κ1) is 14.4. The minimum atomic E-state index is -1.20. The fourth-order valence-corrected chi connectivity index (χ4v) is 1.56. The van der Waals surface area contributed by atoms with Gasteiger partial charge in [0.25, 0.3) is 0 Å². The first-order valence-corrected chi connectivity index (χ1v) is 5.16. The summed E-state index contributed by atoms with van der Waals surface area (Å²) in [5, 5.41) is 0. The van der Waals surface area contributed by atoms with E-state index in [9.17, 15) is 9.59 Å². The maximum atomic E-state index is 12.0. The van der Waals surface area contributed by atoms with E-state index < -0.39 is 11.3 Å². The fourth-order valence-electron chi connectivity index (χ4n) is 1.56. The molecule has 0 aromatic carbocycles. The zero-order valence-corrected chi connectivity index (χ0v) is 10.2. The maximum absolute atomic E-state index is 12.0. The molecule has 90 valence electrons. The van der Waals surface area contributed by atoms with Gasteiger partial charge in [-0.3, -0.25) is 9.59 Å². The lowest BCUT2D eigenvalue weighted by molar-refractivity contribution is -0.147. The van der Waals surface area contributed by atoms with E-state index in [1.165, 1.54) is 4.90 Å². The molecule has 0 aliphatic carbocycles. The Balaban J connectivity index is 5.31. The van der Waals surface area contributed by atoms with Crippen LogP contribution in [0.2, 0.25) is 0 Å². The molecule has 2 N–H and O–H groups in total. The molecule has 16 heavy (non-hydrogen) atoms. The summed E-state index contributed by atoms with van der Waals surface area (Å²) in [4.78, 5) is 25.0. The van der Waals surface area contributed by atoms with Crippen LogP contribution in [-0.2, 0) is 9.59 Å². The molecule has 0 radical (unpaired) electrons. The lowest BCUT2D eigenvalue weighted by atomic mass is 9.79. The van der Waals surface area contributed by atoms with Crippen molar-refractivity contribution in [1.82, 2.24) is 4.90 Å². The largest absolute Gasteiger partial charge is 0.369 e. The second kappa shape index (κ2) is 6.10. The van der Waals surface area contributed by atoms with E-state index in [1.807, 2.05) is 6.92 Å². The minimum Gasteiger partial charge on any atom is -0.369 e. The molecule has 0 fully saturated rings. The molecule has 2 amide bonds. The number of allylic oxidation sites excluding steroid dienone is 3. The number of carbonyl (C=O) groups is 2. The summed E-state index contributed by atoms with van der Waals surface area (Å²) in [6.45, 7) is 5.41. The molecule has 0 spiro atoms.